The average Bonchev–Trinajstić information content (AvgIpc) is 2.29. The second-order valence-corrected chi connectivity index (χ2v) is 2.79. The van der Waals surface area contributed by atoms with Crippen LogP contribution in [0.1, 0.15) is 22.3 Å². The number of ether oxygens (including phenoxy) is 1. The molecule has 0 amide bonds. The van der Waals surface area contributed by atoms with E-state index < -0.39 is 5.97 Å². The summed E-state index contributed by atoms with van der Waals surface area (Å²) in [5.41, 5.74) is 6.39. The predicted octanol–water partition coefficient (Wildman–Crippen LogP) is 0.568. The number of carbonyl (C=O) groups is 1. The zero-order valence-corrected chi connectivity index (χ0v) is 8.49. The fraction of sp³-hybridized carbons (Fsp3) is 0.273. The maximum absolute atomic E-state index is 11.2. The second-order valence-electron chi connectivity index (χ2n) is 2.79. The van der Waals surface area contributed by atoms with E-state index in [-0.39, 0.29) is 0 Å². The Bertz CT molecular complexity index is 405. The molecule has 2 N–H and O–H groups in total. The molecule has 0 saturated carbocycles. The summed E-state index contributed by atoms with van der Waals surface area (Å²) in [6, 6.07) is 1.64. The molecule has 1 aromatic heterocycles. The molecule has 78 valence electrons. The summed E-state index contributed by atoms with van der Waals surface area (Å²) in [5.74, 6) is 5.32. The molecule has 1 aromatic rings. The third kappa shape index (κ3) is 3.41. The zero-order chi connectivity index (χ0) is 11.1. The highest BCUT2D eigenvalue weighted by molar-refractivity contribution is 5.89. The van der Waals surface area contributed by atoms with Crippen LogP contribution < -0.4 is 5.73 Å². The van der Waals surface area contributed by atoms with Gasteiger partial charge in [0.05, 0.1) is 12.7 Å². The van der Waals surface area contributed by atoms with Gasteiger partial charge in [0.25, 0.3) is 0 Å². The van der Waals surface area contributed by atoms with Crippen molar-refractivity contribution < 1.29 is 9.53 Å². The minimum Gasteiger partial charge on any atom is -0.465 e. The molecule has 0 spiro atoms. The van der Waals surface area contributed by atoms with Crippen molar-refractivity contribution in [3.8, 4) is 11.8 Å². The first-order chi connectivity index (χ1) is 7.27. The molecule has 0 aromatic carbocycles. The Morgan fingerprint density at radius 3 is 3.07 bits per heavy atom. The molecule has 0 unspecified atom stereocenters. The van der Waals surface area contributed by atoms with Crippen LogP contribution in [0.4, 0.5) is 0 Å². The smallest absolute Gasteiger partial charge is 0.339 e. The Kier molecular flexibility index (Phi) is 4.32. The maximum atomic E-state index is 11.2. The van der Waals surface area contributed by atoms with Crippen molar-refractivity contribution in [2.24, 2.45) is 5.73 Å². The fourth-order valence-electron chi connectivity index (χ4n) is 0.975. The third-order valence-electron chi connectivity index (χ3n) is 1.66. The van der Waals surface area contributed by atoms with Crippen molar-refractivity contribution >= 4 is 5.97 Å². The zero-order valence-electron chi connectivity index (χ0n) is 8.49. The Morgan fingerprint density at radius 1 is 1.60 bits per heavy atom. The monoisotopic (exact) mass is 204 g/mol. The van der Waals surface area contributed by atoms with Crippen LogP contribution >= 0.6 is 0 Å². The Balaban J connectivity index is 2.84. The molecule has 4 heteroatoms. The third-order valence-corrected chi connectivity index (χ3v) is 1.66. The molecule has 1 rings (SSSR count). The lowest BCUT2D eigenvalue weighted by Gasteiger charge is -1.97. The Hall–Kier alpha value is -1.86. The summed E-state index contributed by atoms with van der Waals surface area (Å²) < 4.78 is 4.57. The summed E-state index contributed by atoms with van der Waals surface area (Å²) >= 11 is 0. The molecule has 0 saturated heterocycles. The lowest BCUT2D eigenvalue weighted by atomic mass is 10.2. The molecule has 1 heterocycles. The van der Waals surface area contributed by atoms with Crippen LogP contribution in [0.5, 0.6) is 0 Å². The van der Waals surface area contributed by atoms with Crippen molar-refractivity contribution in [1.82, 2.24) is 4.98 Å². The number of pyridine rings is 1. The van der Waals surface area contributed by atoms with Gasteiger partial charge in [-0.2, -0.15) is 0 Å². The highest BCUT2D eigenvalue weighted by atomic mass is 16.5. The second kappa shape index (κ2) is 5.78. The van der Waals surface area contributed by atoms with Gasteiger partial charge in [0.15, 0.2) is 0 Å². The first-order valence-electron chi connectivity index (χ1n) is 4.50. The first-order valence-corrected chi connectivity index (χ1v) is 4.50. The van der Waals surface area contributed by atoms with Crippen LogP contribution in [0.3, 0.4) is 0 Å². The Labute approximate surface area is 88.5 Å². The van der Waals surface area contributed by atoms with Crippen LogP contribution in [0.2, 0.25) is 0 Å². The normalized spacial score (nSPS) is 8.93. The lowest BCUT2D eigenvalue weighted by Crippen LogP contribution is -2.02. The molecule has 0 radical (unpaired) electrons. The van der Waals surface area contributed by atoms with Gasteiger partial charge in [-0.05, 0) is 6.07 Å². The molecular weight excluding hydrogens is 192 g/mol. The van der Waals surface area contributed by atoms with E-state index in [9.17, 15) is 4.79 Å². The van der Waals surface area contributed by atoms with Crippen molar-refractivity contribution in [2.45, 2.75) is 6.42 Å². The van der Waals surface area contributed by atoms with Gasteiger partial charge in [-0.15, -0.1) is 0 Å². The summed E-state index contributed by atoms with van der Waals surface area (Å²) in [4.78, 5) is 15.1. The number of carbonyl (C=O) groups excluding carboxylic acids is 1. The van der Waals surface area contributed by atoms with Crippen LogP contribution in [-0.4, -0.2) is 24.6 Å². The molecule has 0 bridgehead atoms. The van der Waals surface area contributed by atoms with Gasteiger partial charge in [0, 0.05) is 30.9 Å². The highest BCUT2D eigenvalue weighted by Gasteiger charge is 2.04. The number of nitrogens with two attached hydrogens (primary N) is 1. The molecule has 0 atom stereocenters. The molecular formula is C11H12N2O2. The maximum Gasteiger partial charge on any atom is 0.339 e. The molecule has 0 aliphatic rings. The van der Waals surface area contributed by atoms with E-state index in [2.05, 4.69) is 21.6 Å². The number of hydrogen-bond donors (Lipinski definition) is 1. The van der Waals surface area contributed by atoms with Crippen molar-refractivity contribution in [3.05, 3.63) is 29.6 Å². The van der Waals surface area contributed by atoms with E-state index >= 15 is 0 Å². The van der Waals surface area contributed by atoms with Gasteiger partial charge >= 0.3 is 5.97 Å². The van der Waals surface area contributed by atoms with Gasteiger partial charge in [-0.25, -0.2) is 4.79 Å². The molecule has 0 aliphatic heterocycles. The number of aromatic nitrogens is 1. The number of methoxy groups -OCH3 is 1. The number of hydrogen-bond acceptors (Lipinski definition) is 4. The van der Waals surface area contributed by atoms with Gasteiger partial charge in [-0.1, -0.05) is 11.8 Å². The van der Waals surface area contributed by atoms with E-state index in [1.807, 2.05) is 0 Å². The highest BCUT2D eigenvalue weighted by Crippen LogP contribution is 2.02. The summed E-state index contributed by atoms with van der Waals surface area (Å²) in [5, 5.41) is 0. The topological polar surface area (TPSA) is 65.2 Å². The predicted molar refractivity (Wildman–Crippen MR) is 56.1 cm³/mol. The number of nitrogens with zero attached hydrogens (tertiary/aromatic N) is 1. The number of rotatable bonds is 2. The van der Waals surface area contributed by atoms with Crippen LogP contribution in [0, 0.1) is 11.8 Å². The van der Waals surface area contributed by atoms with Crippen molar-refractivity contribution in [3.63, 3.8) is 0 Å². The van der Waals surface area contributed by atoms with Gasteiger partial charge in [0.2, 0.25) is 0 Å². The minimum absolute atomic E-state index is 0.400. The van der Waals surface area contributed by atoms with E-state index in [1.165, 1.54) is 13.3 Å². The van der Waals surface area contributed by atoms with Crippen LogP contribution in [0.15, 0.2) is 18.5 Å². The molecule has 0 aliphatic carbocycles. The van der Waals surface area contributed by atoms with E-state index in [4.69, 9.17) is 5.73 Å². The van der Waals surface area contributed by atoms with Gasteiger partial charge < -0.3 is 10.5 Å². The minimum atomic E-state index is -0.412. The summed E-state index contributed by atoms with van der Waals surface area (Å²) in [6.45, 7) is 0.525. The SMILES string of the molecule is COC(=O)c1cncc(C#CCCN)c1. The fourth-order valence-corrected chi connectivity index (χ4v) is 0.975. The van der Waals surface area contributed by atoms with Crippen molar-refractivity contribution in [2.75, 3.05) is 13.7 Å². The van der Waals surface area contributed by atoms with Crippen LogP contribution in [-0.2, 0) is 4.74 Å². The average molecular weight is 204 g/mol. The standard InChI is InChI=1S/C11H12N2O2/c1-15-11(14)10-6-9(7-13-8-10)4-2-3-5-12/h6-8H,3,5,12H2,1H3. The summed E-state index contributed by atoms with van der Waals surface area (Å²) in [6.07, 6.45) is 3.67. The van der Waals surface area contributed by atoms with Crippen molar-refractivity contribution in [1.29, 1.82) is 0 Å². The Morgan fingerprint density at radius 2 is 2.40 bits per heavy atom. The largest absolute Gasteiger partial charge is 0.465 e. The van der Waals surface area contributed by atoms with E-state index in [0.29, 0.717) is 24.1 Å². The summed E-state index contributed by atoms with van der Waals surface area (Å²) in [7, 11) is 1.33. The van der Waals surface area contributed by atoms with E-state index in [1.54, 1.807) is 12.3 Å². The lowest BCUT2D eigenvalue weighted by molar-refractivity contribution is 0.0600. The van der Waals surface area contributed by atoms with Crippen LogP contribution in [0.25, 0.3) is 0 Å². The molecule has 15 heavy (non-hydrogen) atoms. The molecule has 4 nitrogen and oxygen atoms in total. The quantitative estimate of drug-likeness (QED) is 0.565. The van der Waals surface area contributed by atoms with E-state index in [0.717, 1.165) is 0 Å². The first kappa shape index (κ1) is 11.2. The van der Waals surface area contributed by atoms with Gasteiger partial charge in [-0.3, -0.25) is 4.98 Å². The number of esters is 1. The molecule has 0 fully saturated rings. The van der Waals surface area contributed by atoms with Gasteiger partial charge in [0.1, 0.15) is 0 Å².